The first-order valence-corrected chi connectivity index (χ1v) is 5.22. The zero-order chi connectivity index (χ0) is 12.3. The highest BCUT2D eigenvalue weighted by atomic mass is 16.4. The summed E-state index contributed by atoms with van der Waals surface area (Å²) in [6, 6.07) is 0. The van der Waals surface area contributed by atoms with Crippen molar-refractivity contribution in [2.75, 3.05) is 13.1 Å². The lowest BCUT2D eigenvalue weighted by Crippen LogP contribution is -2.57. The van der Waals surface area contributed by atoms with Gasteiger partial charge in [-0.1, -0.05) is 6.92 Å². The van der Waals surface area contributed by atoms with E-state index in [2.05, 4.69) is 5.32 Å². The predicted molar refractivity (Wildman–Crippen MR) is 55.7 cm³/mol. The minimum absolute atomic E-state index is 0.117. The van der Waals surface area contributed by atoms with Crippen molar-refractivity contribution in [3.63, 3.8) is 0 Å². The number of carbonyl (C=O) groups is 3. The Bertz CT molecular complexity index is 313. The Kier molecular flexibility index (Phi) is 3.64. The topological polar surface area (TPSA) is 86.7 Å². The summed E-state index contributed by atoms with van der Waals surface area (Å²) in [6.45, 7) is 3.58. The van der Waals surface area contributed by atoms with Crippen LogP contribution in [0.1, 0.15) is 26.7 Å². The highest BCUT2D eigenvalue weighted by molar-refractivity contribution is 6.02. The molecule has 1 saturated heterocycles. The van der Waals surface area contributed by atoms with E-state index in [0.29, 0.717) is 6.54 Å². The Labute approximate surface area is 93.6 Å². The highest BCUT2D eigenvalue weighted by Gasteiger charge is 2.40. The molecule has 1 unspecified atom stereocenters. The Morgan fingerprint density at radius 1 is 1.44 bits per heavy atom. The number of aliphatic carboxylic acids is 1. The third-order valence-electron chi connectivity index (χ3n) is 2.67. The summed E-state index contributed by atoms with van der Waals surface area (Å²) >= 11 is 0. The van der Waals surface area contributed by atoms with E-state index in [0.717, 1.165) is 4.90 Å². The molecule has 0 aromatic carbocycles. The number of amides is 2. The van der Waals surface area contributed by atoms with Crippen LogP contribution >= 0.6 is 0 Å². The number of likely N-dealkylation sites (N-methyl/N-ethyl adjacent to an activating group) is 1. The first-order valence-electron chi connectivity index (χ1n) is 5.22. The summed E-state index contributed by atoms with van der Waals surface area (Å²) in [5.41, 5.74) is -1.27. The summed E-state index contributed by atoms with van der Waals surface area (Å²) in [5.74, 6) is -1.66. The summed E-state index contributed by atoms with van der Waals surface area (Å²) < 4.78 is 0. The Morgan fingerprint density at radius 3 is 2.31 bits per heavy atom. The molecule has 0 aromatic rings. The number of nitrogens with one attached hydrogen (secondary N) is 1. The smallest absolute Gasteiger partial charge is 0.325 e. The molecule has 0 aliphatic carbocycles. The van der Waals surface area contributed by atoms with Crippen molar-refractivity contribution >= 4 is 17.8 Å². The number of hydrogen-bond acceptors (Lipinski definition) is 4. The van der Waals surface area contributed by atoms with Crippen LogP contribution in [0.2, 0.25) is 0 Å². The normalized spacial score (nSPS) is 20.0. The maximum atomic E-state index is 11.4. The van der Waals surface area contributed by atoms with Crippen LogP contribution < -0.4 is 5.32 Å². The molecular weight excluding hydrogens is 212 g/mol. The van der Waals surface area contributed by atoms with Crippen LogP contribution in [0.3, 0.4) is 0 Å². The van der Waals surface area contributed by atoms with Gasteiger partial charge in [-0.05, 0) is 13.5 Å². The maximum absolute atomic E-state index is 11.4. The number of rotatable bonds is 5. The van der Waals surface area contributed by atoms with E-state index in [9.17, 15) is 14.4 Å². The first kappa shape index (κ1) is 12.6. The molecule has 1 aliphatic rings. The fourth-order valence-corrected chi connectivity index (χ4v) is 1.70. The monoisotopic (exact) mass is 228 g/mol. The Balaban J connectivity index is 2.79. The van der Waals surface area contributed by atoms with E-state index >= 15 is 0 Å². The molecule has 16 heavy (non-hydrogen) atoms. The molecule has 1 aliphatic heterocycles. The summed E-state index contributed by atoms with van der Waals surface area (Å²) in [5, 5.41) is 11.9. The van der Waals surface area contributed by atoms with Crippen LogP contribution in [0.15, 0.2) is 0 Å². The lowest BCUT2D eigenvalue weighted by Gasteiger charge is -2.29. The molecule has 0 bridgehead atoms. The van der Waals surface area contributed by atoms with Gasteiger partial charge in [-0.15, -0.1) is 0 Å². The fourth-order valence-electron chi connectivity index (χ4n) is 1.70. The molecular formula is C10H16N2O4. The molecule has 1 atom stereocenters. The zero-order valence-corrected chi connectivity index (χ0v) is 9.45. The fraction of sp³-hybridized carbons (Fsp3) is 0.700. The molecule has 0 saturated carbocycles. The summed E-state index contributed by atoms with van der Waals surface area (Å²) in [4.78, 5) is 34.9. The van der Waals surface area contributed by atoms with Gasteiger partial charge in [0.15, 0.2) is 0 Å². The van der Waals surface area contributed by atoms with Gasteiger partial charge in [0, 0.05) is 12.8 Å². The zero-order valence-electron chi connectivity index (χ0n) is 9.45. The number of hydrogen-bond donors (Lipinski definition) is 2. The van der Waals surface area contributed by atoms with Gasteiger partial charge in [-0.25, -0.2) is 0 Å². The molecule has 6 nitrogen and oxygen atoms in total. The molecule has 1 heterocycles. The van der Waals surface area contributed by atoms with Crippen molar-refractivity contribution in [1.82, 2.24) is 10.2 Å². The van der Waals surface area contributed by atoms with Gasteiger partial charge in [0.1, 0.15) is 5.54 Å². The average Bonchev–Trinajstić information content (AvgIpc) is 2.49. The van der Waals surface area contributed by atoms with Crippen molar-refractivity contribution < 1.29 is 19.5 Å². The van der Waals surface area contributed by atoms with Gasteiger partial charge in [-0.3, -0.25) is 19.3 Å². The number of nitrogens with zero attached hydrogens (tertiary/aromatic N) is 1. The van der Waals surface area contributed by atoms with Crippen molar-refractivity contribution in [3.8, 4) is 0 Å². The number of carbonyl (C=O) groups excluding carboxylic acids is 2. The number of likely N-dealkylation sites (tertiary alicyclic amines) is 1. The molecule has 6 heteroatoms. The van der Waals surface area contributed by atoms with Crippen molar-refractivity contribution in [3.05, 3.63) is 0 Å². The van der Waals surface area contributed by atoms with Crippen LogP contribution in [-0.4, -0.2) is 46.4 Å². The number of carboxylic acids is 1. The third-order valence-corrected chi connectivity index (χ3v) is 2.67. The second-order valence-electron chi connectivity index (χ2n) is 4.04. The highest BCUT2D eigenvalue weighted by Crippen LogP contribution is 2.16. The molecule has 90 valence electrons. The third kappa shape index (κ3) is 2.38. The minimum Gasteiger partial charge on any atom is -0.480 e. The Morgan fingerprint density at radius 2 is 1.94 bits per heavy atom. The lowest BCUT2D eigenvalue weighted by molar-refractivity contribution is -0.147. The van der Waals surface area contributed by atoms with Gasteiger partial charge >= 0.3 is 5.97 Å². The summed E-state index contributed by atoms with van der Waals surface area (Å²) in [6.07, 6.45) is 0.362. The minimum atomic E-state index is -1.27. The van der Waals surface area contributed by atoms with Gasteiger partial charge in [0.05, 0.1) is 6.54 Å². The van der Waals surface area contributed by atoms with E-state index in [1.165, 1.54) is 6.92 Å². The van der Waals surface area contributed by atoms with Gasteiger partial charge in [0.2, 0.25) is 11.8 Å². The molecule has 0 spiro atoms. The van der Waals surface area contributed by atoms with Gasteiger partial charge in [-0.2, -0.15) is 0 Å². The maximum Gasteiger partial charge on any atom is 0.325 e. The molecule has 1 rings (SSSR count). The van der Waals surface area contributed by atoms with E-state index in [1.54, 1.807) is 6.92 Å². The van der Waals surface area contributed by atoms with Gasteiger partial charge < -0.3 is 10.4 Å². The second kappa shape index (κ2) is 4.61. The standard InChI is InChI=1S/C10H16N2O4/c1-3-11-10(2,9(15)16)6-12-7(13)4-5-8(12)14/h11H,3-6H2,1-2H3,(H,15,16). The van der Waals surface area contributed by atoms with Crippen molar-refractivity contribution in [2.24, 2.45) is 0 Å². The van der Waals surface area contributed by atoms with Crippen molar-refractivity contribution in [2.45, 2.75) is 32.2 Å². The largest absolute Gasteiger partial charge is 0.480 e. The molecule has 0 radical (unpaired) electrons. The second-order valence-corrected chi connectivity index (χ2v) is 4.04. The van der Waals surface area contributed by atoms with E-state index < -0.39 is 11.5 Å². The van der Waals surface area contributed by atoms with Gasteiger partial charge in [0.25, 0.3) is 0 Å². The average molecular weight is 228 g/mol. The van der Waals surface area contributed by atoms with E-state index in [-0.39, 0.29) is 31.2 Å². The van der Waals surface area contributed by atoms with Crippen LogP contribution in [0, 0.1) is 0 Å². The van der Waals surface area contributed by atoms with Crippen molar-refractivity contribution in [1.29, 1.82) is 0 Å². The Hall–Kier alpha value is -1.43. The van der Waals surface area contributed by atoms with Crippen LogP contribution in [0.5, 0.6) is 0 Å². The lowest BCUT2D eigenvalue weighted by atomic mass is 10.0. The molecule has 2 N–H and O–H groups in total. The quantitative estimate of drug-likeness (QED) is 0.624. The number of carboxylic acid groups (broad SMARTS) is 1. The van der Waals surface area contributed by atoms with E-state index in [4.69, 9.17) is 5.11 Å². The summed E-state index contributed by atoms with van der Waals surface area (Å²) in [7, 11) is 0. The molecule has 2 amide bonds. The van der Waals surface area contributed by atoms with Crippen LogP contribution in [0.25, 0.3) is 0 Å². The number of imide groups is 1. The van der Waals surface area contributed by atoms with E-state index in [1.807, 2.05) is 0 Å². The molecule has 0 aromatic heterocycles. The first-order chi connectivity index (χ1) is 7.40. The predicted octanol–water partition coefficient (Wildman–Crippen LogP) is -0.412. The van der Waals surface area contributed by atoms with Crippen LogP contribution in [-0.2, 0) is 14.4 Å². The van der Waals surface area contributed by atoms with Crippen LogP contribution in [0.4, 0.5) is 0 Å². The molecule has 1 fully saturated rings. The SMILES string of the molecule is CCNC(C)(CN1C(=O)CCC1=O)C(=O)O.